The molecule has 1 aliphatic rings. The summed E-state index contributed by atoms with van der Waals surface area (Å²) in [4.78, 5) is 11.1. The molecule has 1 rings (SSSR count). The molecule has 0 aliphatic carbocycles. The monoisotopic (exact) mass is 325 g/mol. The van der Waals surface area contributed by atoms with Crippen LogP contribution in [0, 0.1) is 0 Å². The van der Waals surface area contributed by atoms with Gasteiger partial charge in [0, 0.05) is 0 Å². The SMILES string of the molecule is CCCCCCCCCCCCC/C=C/C1OC(=O)NC1CO. The third-order valence-electron chi connectivity index (χ3n) is 4.44. The molecule has 0 aromatic rings. The van der Waals surface area contributed by atoms with Crippen LogP contribution in [-0.4, -0.2) is 30.0 Å². The maximum absolute atomic E-state index is 11.1. The van der Waals surface area contributed by atoms with E-state index < -0.39 is 6.09 Å². The highest BCUT2D eigenvalue weighted by atomic mass is 16.6. The number of carbonyl (C=O) groups is 1. The molecule has 0 bridgehead atoms. The molecule has 0 saturated carbocycles. The molecule has 134 valence electrons. The van der Waals surface area contributed by atoms with Crippen LogP contribution in [0.5, 0.6) is 0 Å². The lowest BCUT2D eigenvalue weighted by atomic mass is 10.0. The minimum atomic E-state index is -0.437. The number of aliphatic hydroxyl groups is 1. The van der Waals surface area contributed by atoms with E-state index in [1.165, 1.54) is 70.6 Å². The van der Waals surface area contributed by atoms with Gasteiger partial charge in [-0.2, -0.15) is 0 Å². The van der Waals surface area contributed by atoms with Crippen molar-refractivity contribution in [1.29, 1.82) is 0 Å². The number of nitrogens with one attached hydrogen (secondary N) is 1. The molecule has 2 N–H and O–H groups in total. The van der Waals surface area contributed by atoms with Gasteiger partial charge in [-0.25, -0.2) is 4.79 Å². The topological polar surface area (TPSA) is 58.6 Å². The van der Waals surface area contributed by atoms with Crippen LogP contribution >= 0.6 is 0 Å². The zero-order valence-electron chi connectivity index (χ0n) is 14.8. The van der Waals surface area contributed by atoms with Crippen LogP contribution in [0.15, 0.2) is 12.2 Å². The summed E-state index contributed by atoms with van der Waals surface area (Å²) in [6.45, 7) is 2.18. The molecule has 4 heteroatoms. The first kappa shape index (κ1) is 20.0. The van der Waals surface area contributed by atoms with Gasteiger partial charge in [-0.1, -0.05) is 77.2 Å². The molecule has 1 saturated heterocycles. The van der Waals surface area contributed by atoms with E-state index in [4.69, 9.17) is 9.84 Å². The molecule has 1 heterocycles. The van der Waals surface area contributed by atoms with Crippen LogP contribution in [0.1, 0.15) is 84.0 Å². The van der Waals surface area contributed by atoms with Gasteiger partial charge >= 0.3 is 6.09 Å². The van der Waals surface area contributed by atoms with Crippen molar-refractivity contribution in [2.24, 2.45) is 0 Å². The van der Waals surface area contributed by atoms with Crippen molar-refractivity contribution in [2.45, 2.75) is 96.1 Å². The van der Waals surface area contributed by atoms with Crippen LogP contribution in [-0.2, 0) is 4.74 Å². The number of rotatable bonds is 14. The van der Waals surface area contributed by atoms with Gasteiger partial charge in [0.25, 0.3) is 0 Å². The number of aliphatic hydroxyl groups excluding tert-OH is 1. The summed E-state index contributed by atoms with van der Waals surface area (Å²) in [6.07, 6.45) is 19.1. The molecule has 0 radical (unpaired) electrons. The second-order valence-corrected chi connectivity index (χ2v) is 6.56. The number of amides is 1. The molecule has 1 aliphatic heterocycles. The van der Waals surface area contributed by atoms with Crippen LogP contribution in [0.3, 0.4) is 0 Å². The maximum Gasteiger partial charge on any atom is 0.408 e. The van der Waals surface area contributed by atoms with Gasteiger partial charge in [-0.3, -0.25) is 0 Å². The minimum Gasteiger partial charge on any atom is -0.440 e. The Morgan fingerprint density at radius 1 is 1.00 bits per heavy atom. The number of hydrogen-bond acceptors (Lipinski definition) is 3. The van der Waals surface area contributed by atoms with Crippen molar-refractivity contribution in [3.8, 4) is 0 Å². The Balaban J connectivity index is 1.88. The van der Waals surface area contributed by atoms with E-state index in [0.717, 1.165) is 6.42 Å². The average Bonchev–Trinajstić information content (AvgIpc) is 2.91. The first-order valence-electron chi connectivity index (χ1n) is 9.52. The van der Waals surface area contributed by atoms with E-state index in [9.17, 15) is 4.79 Å². The van der Waals surface area contributed by atoms with Gasteiger partial charge in [0.2, 0.25) is 0 Å². The molecule has 1 amide bonds. The summed E-state index contributed by atoms with van der Waals surface area (Å²) in [5.74, 6) is 0. The number of ether oxygens (including phenoxy) is 1. The lowest BCUT2D eigenvalue weighted by Gasteiger charge is -2.09. The number of carbonyl (C=O) groups excluding carboxylic acids is 1. The molecule has 4 nitrogen and oxygen atoms in total. The predicted molar refractivity (Wildman–Crippen MR) is 94.5 cm³/mol. The van der Waals surface area contributed by atoms with Crippen molar-refractivity contribution >= 4 is 6.09 Å². The maximum atomic E-state index is 11.1. The molecule has 23 heavy (non-hydrogen) atoms. The highest BCUT2D eigenvalue weighted by molar-refractivity contribution is 5.70. The Morgan fingerprint density at radius 2 is 1.57 bits per heavy atom. The van der Waals surface area contributed by atoms with E-state index in [1.807, 2.05) is 6.08 Å². The predicted octanol–water partition coefficient (Wildman–Crippen LogP) is 4.71. The van der Waals surface area contributed by atoms with E-state index in [2.05, 4.69) is 18.3 Å². The third-order valence-corrected chi connectivity index (χ3v) is 4.44. The Bertz CT molecular complexity index is 331. The van der Waals surface area contributed by atoms with Crippen molar-refractivity contribution in [1.82, 2.24) is 5.32 Å². The summed E-state index contributed by atoms with van der Waals surface area (Å²) in [7, 11) is 0. The largest absolute Gasteiger partial charge is 0.440 e. The van der Waals surface area contributed by atoms with Crippen LogP contribution in [0.25, 0.3) is 0 Å². The molecule has 0 spiro atoms. The van der Waals surface area contributed by atoms with E-state index >= 15 is 0 Å². The lowest BCUT2D eigenvalue weighted by Crippen LogP contribution is -2.33. The first-order chi connectivity index (χ1) is 11.3. The second-order valence-electron chi connectivity index (χ2n) is 6.56. The second kappa shape index (κ2) is 13.4. The number of cyclic esters (lactones) is 1. The number of hydrogen-bond donors (Lipinski definition) is 2. The summed E-state index contributed by atoms with van der Waals surface area (Å²) < 4.78 is 5.08. The Hall–Kier alpha value is -1.03. The standard InChI is InChI=1S/C19H35NO3/c1-2-3-4-5-6-7-8-9-10-11-12-13-14-15-18-17(16-21)20-19(22)23-18/h14-15,17-18,21H,2-13,16H2,1H3,(H,20,22)/b15-14+. The molecule has 1 fully saturated rings. The fourth-order valence-corrected chi connectivity index (χ4v) is 2.95. The van der Waals surface area contributed by atoms with Crippen molar-refractivity contribution < 1.29 is 14.6 Å². The lowest BCUT2D eigenvalue weighted by molar-refractivity contribution is 0.143. The summed E-state index contributed by atoms with van der Waals surface area (Å²) in [5.41, 5.74) is 0. The highest BCUT2D eigenvalue weighted by Gasteiger charge is 2.31. The van der Waals surface area contributed by atoms with Gasteiger partial charge in [-0.15, -0.1) is 0 Å². The van der Waals surface area contributed by atoms with Crippen molar-refractivity contribution in [3.63, 3.8) is 0 Å². The average molecular weight is 325 g/mol. The van der Waals surface area contributed by atoms with E-state index in [1.54, 1.807) is 0 Å². The quantitative estimate of drug-likeness (QED) is 0.359. The van der Waals surface area contributed by atoms with Crippen molar-refractivity contribution in [3.05, 3.63) is 12.2 Å². The third kappa shape index (κ3) is 9.65. The Kier molecular flexibility index (Phi) is 11.7. The zero-order valence-corrected chi connectivity index (χ0v) is 14.8. The molecular formula is C19H35NO3. The van der Waals surface area contributed by atoms with E-state index in [0.29, 0.717) is 0 Å². The molecular weight excluding hydrogens is 290 g/mol. The smallest absolute Gasteiger partial charge is 0.408 e. The van der Waals surface area contributed by atoms with Crippen LogP contribution in [0.4, 0.5) is 4.79 Å². The number of allylic oxidation sites excluding steroid dienone is 1. The summed E-state index contributed by atoms with van der Waals surface area (Å²) in [5, 5.41) is 11.7. The first-order valence-corrected chi connectivity index (χ1v) is 9.52. The van der Waals surface area contributed by atoms with Gasteiger partial charge in [-0.05, 0) is 18.9 Å². The van der Waals surface area contributed by atoms with Gasteiger partial charge in [0.05, 0.1) is 12.6 Å². The van der Waals surface area contributed by atoms with Gasteiger partial charge < -0.3 is 15.2 Å². The number of unbranched alkanes of at least 4 members (excludes halogenated alkanes) is 11. The molecule has 2 unspecified atom stereocenters. The molecule has 0 aromatic carbocycles. The van der Waals surface area contributed by atoms with Crippen LogP contribution in [0.2, 0.25) is 0 Å². The molecule has 2 atom stereocenters. The van der Waals surface area contributed by atoms with E-state index in [-0.39, 0.29) is 18.8 Å². The number of alkyl carbamates (subject to hydrolysis) is 1. The zero-order chi connectivity index (χ0) is 16.8. The normalized spacial score (nSPS) is 20.9. The molecule has 0 aromatic heterocycles. The summed E-state index contributed by atoms with van der Waals surface area (Å²) >= 11 is 0. The minimum absolute atomic E-state index is 0.0841. The highest BCUT2D eigenvalue weighted by Crippen LogP contribution is 2.13. The summed E-state index contributed by atoms with van der Waals surface area (Å²) in [6, 6.07) is -0.295. The van der Waals surface area contributed by atoms with Gasteiger partial charge in [0.15, 0.2) is 0 Å². The Morgan fingerprint density at radius 3 is 2.13 bits per heavy atom. The fourth-order valence-electron chi connectivity index (χ4n) is 2.95. The Labute approximate surface area is 141 Å². The van der Waals surface area contributed by atoms with Crippen LogP contribution < -0.4 is 5.32 Å². The van der Waals surface area contributed by atoms with Crippen molar-refractivity contribution in [2.75, 3.05) is 6.61 Å². The fraction of sp³-hybridized carbons (Fsp3) is 0.842. The van der Waals surface area contributed by atoms with Gasteiger partial charge in [0.1, 0.15) is 6.10 Å².